The van der Waals surface area contributed by atoms with E-state index in [2.05, 4.69) is 4.98 Å². The minimum atomic E-state index is -3.84. The van der Waals surface area contributed by atoms with Gasteiger partial charge < -0.3 is 14.6 Å². The fraction of sp³-hybridized carbons (Fsp3) is 0.263. The maximum absolute atomic E-state index is 13.0. The molecule has 0 saturated carbocycles. The smallest absolute Gasteiger partial charge is 0.217 e. The molecule has 0 fully saturated rings. The summed E-state index contributed by atoms with van der Waals surface area (Å²) in [6, 6.07) is 9.96. The van der Waals surface area contributed by atoms with E-state index in [9.17, 15) is 8.42 Å². The molecule has 3 aromatic rings. The Bertz CT molecular complexity index is 1080. The maximum Gasteiger partial charge on any atom is 0.217 e. The average molecular weight is 427 g/mol. The standard InChI is InChI=1S/C19H20Cl2N2O3S/c1-12(27(24,25)19-10-13(20)4-5-16(19)21)26-18-7-6-17-14(8-9-22-17)15(18)11-23(2)3/h4-10,12,22H,11H2,1-3H3. The van der Waals surface area contributed by atoms with Crippen LogP contribution < -0.4 is 4.74 Å². The lowest BCUT2D eigenvalue weighted by Gasteiger charge is -2.20. The van der Waals surface area contributed by atoms with Crippen LogP contribution in [-0.2, 0) is 16.4 Å². The number of H-pyrrole nitrogens is 1. The zero-order valence-corrected chi connectivity index (χ0v) is 17.5. The van der Waals surface area contributed by atoms with Crippen molar-refractivity contribution in [1.29, 1.82) is 0 Å². The Morgan fingerprint density at radius 2 is 1.89 bits per heavy atom. The molecule has 0 spiro atoms. The largest absolute Gasteiger partial charge is 0.474 e. The van der Waals surface area contributed by atoms with Gasteiger partial charge in [-0.2, -0.15) is 0 Å². The Balaban J connectivity index is 2.00. The minimum absolute atomic E-state index is 0.0407. The highest BCUT2D eigenvalue weighted by Gasteiger charge is 2.28. The minimum Gasteiger partial charge on any atom is -0.474 e. The van der Waals surface area contributed by atoms with Gasteiger partial charge >= 0.3 is 0 Å². The number of sulfone groups is 1. The zero-order valence-electron chi connectivity index (χ0n) is 15.2. The molecule has 0 radical (unpaired) electrons. The molecule has 0 saturated heterocycles. The number of nitrogens with zero attached hydrogens (tertiary/aromatic N) is 1. The average Bonchev–Trinajstić information content (AvgIpc) is 3.07. The first-order valence-corrected chi connectivity index (χ1v) is 10.6. The molecule has 0 bridgehead atoms. The van der Waals surface area contributed by atoms with Crippen molar-refractivity contribution in [2.45, 2.75) is 23.8 Å². The second-order valence-corrected chi connectivity index (χ2v) is 9.56. The summed E-state index contributed by atoms with van der Waals surface area (Å²) < 4.78 is 31.9. The van der Waals surface area contributed by atoms with E-state index >= 15 is 0 Å². The Labute approximate surface area is 168 Å². The Morgan fingerprint density at radius 3 is 2.59 bits per heavy atom. The third-order valence-electron chi connectivity index (χ3n) is 4.21. The summed E-state index contributed by atoms with van der Waals surface area (Å²) >= 11 is 12.0. The van der Waals surface area contributed by atoms with Crippen LogP contribution in [0.1, 0.15) is 12.5 Å². The van der Waals surface area contributed by atoms with Gasteiger partial charge in [0.15, 0.2) is 0 Å². The number of halogens is 2. The normalized spacial score (nSPS) is 13.3. The van der Waals surface area contributed by atoms with E-state index in [0.29, 0.717) is 17.3 Å². The van der Waals surface area contributed by atoms with Gasteiger partial charge in [0.05, 0.1) is 9.92 Å². The van der Waals surface area contributed by atoms with Crippen molar-refractivity contribution in [3.63, 3.8) is 0 Å². The van der Waals surface area contributed by atoms with Gasteiger partial charge in [0, 0.05) is 34.2 Å². The third-order valence-corrected chi connectivity index (χ3v) is 6.80. The van der Waals surface area contributed by atoms with Crippen LogP contribution in [0.5, 0.6) is 5.75 Å². The fourth-order valence-corrected chi connectivity index (χ4v) is 4.78. The molecule has 5 nitrogen and oxygen atoms in total. The molecular formula is C19H20Cl2N2O3S. The highest BCUT2D eigenvalue weighted by molar-refractivity contribution is 7.92. The SMILES string of the molecule is CC(Oc1ccc2[nH]ccc2c1CN(C)C)S(=O)(=O)c1cc(Cl)ccc1Cl. The van der Waals surface area contributed by atoms with Crippen molar-refractivity contribution in [3.8, 4) is 5.75 Å². The van der Waals surface area contributed by atoms with Crippen LogP contribution in [0.25, 0.3) is 10.9 Å². The van der Waals surface area contributed by atoms with E-state index < -0.39 is 15.3 Å². The summed E-state index contributed by atoms with van der Waals surface area (Å²) in [6.45, 7) is 2.10. The van der Waals surface area contributed by atoms with Crippen molar-refractivity contribution >= 4 is 43.9 Å². The van der Waals surface area contributed by atoms with Crippen LogP contribution in [0, 0.1) is 0 Å². The number of rotatable bonds is 6. The van der Waals surface area contributed by atoms with Gasteiger partial charge in [-0.3, -0.25) is 0 Å². The number of nitrogens with one attached hydrogen (secondary N) is 1. The first kappa shape index (κ1) is 20.0. The lowest BCUT2D eigenvalue weighted by atomic mass is 10.1. The third kappa shape index (κ3) is 4.09. The van der Waals surface area contributed by atoms with Gasteiger partial charge in [-0.1, -0.05) is 23.2 Å². The number of benzene rings is 2. The monoisotopic (exact) mass is 426 g/mol. The van der Waals surface area contributed by atoms with E-state index in [0.717, 1.165) is 16.5 Å². The second kappa shape index (κ2) is 7.72. The van der Waals surface area contributed by atoms with Crippen LogP contribution in [0.2, 0.25) is 10.0 Å². The number of hydrogen-bond donors (Lipinski definition) is 1. The number of ether oxygens (including phenoxy) is 1. The first-order valence-electron chi connectivity index (χ1n) is 8.29. The lowest BCUT2D eigenvalue weighted by molar-refractivity contribution is 0.284. The summed E-state index contributed by atoms with van der Waals surface area (Å²) in [7, 11) is 0.0557. The Hall–Kier alpha value is -1.73. The number of aromatic amines is 1. The van der Waals surface area contributed by atoms with E-state index in [1.54, 1.807) is 12.1 Å². The van der Waals surface area contributed by atoms with Gasteiger partial charge in [0.2, 0.25) is 15.3 Å². The van der Waals surface area contributed by atoms with Crippen LogP contribution in [-0.4, -0.2) is 37.8 Å². The topological polar surface area (TPSA) is 62.4 Å². The molecule has 0 aliphatic rings. The van der Waals surface area contributed by atoms with Crippen molar-refractivity contribution in [2.24, 2.45) is 0 Å². The van der Waals surface area contributed by atoms with Crippen molar-refractivity contribution in [3.05, 3.63) is 58.2 Å². The Morgan fingerprint density at radius 1 is 1.15 bits per heavy atom. The van der Waals surface area contributed by atoms with E-state index in [-0.39, 0.29) is 9.92 Å². The molecule has 0 amide bonds. The molecule has 1 aromatic heterocycles. The van der Waals surface area contributed by atoms with Gasteiger partial charge in [-0.15, -0.1) is 0 Å². The molecule has 27 heavy (non-hydrogen) atoms. The molecule has 1 unspecified atom stereocenters. The van der Waals surface area contributed by atoms with Gasteiger partial charge in [0.25, 0.3) is 0 Å². The fourth-order valence-electron chi connectivity index (χ4n) is 2.88. The van der Waals surface area contributed by atoms with Crippen molar-refractivity contribution in [2.75, 3.05) is 14.1 Å². The highest BCUT2D eigenvalue weighted by Crippen LogP contribution is 2.33. The Kier molecular flexibility index (Phi) is 5.72. The van der Waals surface area contributed by atoms with Crippen molar-refractivity contribution < 1.29 is 13.2 Å². The number of fused-ring (bicyclic) bond motifs is 1. The molecule has 0 aliphatic carbocycles. The second-order valence-electron chi connectivity index (χ2n) is 6.52. The quantitative estimate of drug-likeness (QED) is 0.618. The first-order chi connectivity index (χ1) is 12.7. The van der Waals surface area contributed by atoms with Gasteiger partial charge in [0.1, 0.15) is 5.75 Å². The maximum atomic E-state index is 13.0. The van der Waals surface area contributed by atoms with Crippen molar-refractivity contribution in [1.82, 2.24) is 9.88 Å². The number of hydrogen-bond acceptors (Lipinski definition) is 4. The molecule has 1 N–H and O–H groups in total. The summed E-state index contributed by atoms with van der Waals surface area (Å²) in [4.78, 5) is 5.12. The summed E-state index contributed by atoms with van der Waals surface area (Å²) in [5.41, 5.74) is 0.747. The molecule has 144 valence electrons. The van der Waals surface area contributed by atoms with E-state index in [1.807, 2.05) is 37.3 Å². The highest BCUT2D eigenvalue weighted by atomic mass is 35.5. The van der Waals surface area contributed by atoms with Gasteiger partial charge in [-0.25, -0.2) is 8.42 Å². The molecular weight excluding hydrogens is 407 g/mol. The molecule has 0 aliphatic heterocycles. The zero-order chi connectivity index (χ0) is 19.8. The number of aromatic nitrogens is 1. The predicted molar refractivity (Wildman–Crippen MR) is 109 cm³/mol. The summed E-state index contributed by atoms with van der Waals surface area (Å²) in [5.74, 6) is 0.519. The molecule has 8 heteroatoms. The van der Waals surface area contributed by atoms with Crippen LogP contribution >= 0.6 is 23.2 Å². The summed E-state index contributed by atoms with van der Waals surface area (Å²) in [5, 5.41) is 1.41. The van der Waals surface area contributed by atoms with Crippen LogP contribution in [0.15, 0.2) is 47.5 Å². The van der Waals surface area contributed by atoms with E-state index in [1.165, 1.54) is 19.1 Å². The van der Waals surface area contributed by atoms with E-state index in [4.69, 9.17) is 27.9 Å². The lowest BCUT2D eigenvalue weighted by Crippen LogP contribution is -2.25. The molecule has 1 atom stereocenters. The molecule has 1 heterocycles. The predicted octanol–water partition coefficient (Wildman–Crippen LogP) is 4.74. The van der Waals surface area contributed by atoms with Crippen LogP contribution in [0.3, 0.4) is 0 Å². The van der Waals surface area contributed by atoms with Gasteiger partial charge in [-0.05, 0) is 57.4 Å². The molecule has 3 rings (SSSR count). The molecule has 2 aromatic carbocycles. The summed E-state index contributed by atoms with van der Waals surface area (Å²) in [6.07, 6.45) is 1.85. The van der Waals surface area contributed by atoms with Crippen LogP contribution in [0.4, 0.5) is 0 Å².